The van der Waals surface area contributed by atoms with Gasteiger partial charge < -0.3 is 0 Å². The first kappa shape index (κ1) is 12.9. The molecule has 0 aliphatic rings. The van der Waals surface area contributed by atoms with Gasteiger partial charge in [-0.25, -0.2) is 5.01 Å². The van der Waals surface area contributed by atoms with Crippen LogP contribution in [0.15, 0.2) is 35.6 Å². The van der Waals surface area contributed by atoms with Gasteiger partial charge in [0, 0.05) is 6.54 Å². The van der Waals surface area contributed by atoms with Crippen molar-refractivity contribution < 1.29 is 0 Å². The summed E-state index contributed by atoms with van der Waals surface area (Å²) in [6.07, 6.45) is 0. The molecule has 0 amide bonds. The highest BCUT2D eigenvalue weighted by atomic mass is 35.5. The second-order valence-corrected chi connectivity index (χ2v) is 3.41. The summed E-state index contributed by atoms with van der Waals surface area (Å²) in [4.78, 5) is 0. The van der Waals surface area contributed by atoms with Crippen molar-refractivity contribution in [3.63, 3.8) is 0 Å². The third-order valence-corrected chi connectivity index (χ3v) is 1.71. The molecule has 14 heavy (non-hydrogen) atoms. The van der Waals surface area contributed by atoms with E-state index in [9.17, 15) is 0 Å². The molecule has 78 valence electrons. The lowest BCUT2D eigenvalue weighted by Crippen LogP contribution is -2.20. The van der Waals surface area contributed by atoms with Crippen molar-refractivity contribution in [1.82, 2.24) is 0 Å². The van der Waals surface area contributed by atoms with Crippen LogP contribution in [0.25, 0.3) is 0 Å². The van der Waals surface area contributed by atoms with Crippen molar-refractivity contribution in [3.05, 3.63) is 30.3 Å². The van der Waals surface area contributed by atoms with Crippen LogP contribution in [0.5, 0.6) is 0 Å². The Morgan fingerprint density at radius 3 is 2.29 bits per heavy atom. The second-order valence-electron chi connectivity index (χ2n) is 3.41. The normalized spacial score (nSPS) is 9.36. The fourth-order valence-corrected chi connectivity index (χ4v) is 1.15. The van der Waals surface area contributed by atoms with Crippen molar-refractivity contribution in [2.24, 2.45) is 11.1 Å². The van der Waals surface area contributed by atoms with Gasteiger partial charge in [-0.15, -0.1) is 12.4 Å². The van der Waals surface area contributed by atoms with Gasteiger partial charge in [0.1, 0.15) is 0 Å². The first-order valence-electron chi connectivity index (χ1n) is 4.44. The number of hydrogen-bond acceptors (Lipinski definition) is 2. The number of rotatable bonds is 4. The number of benzene rings is 1. The molecule has 3 nitrogen and oxygen atoms in total. The number of anilines is 1. The molecule has 0 saturated carbocycles. The molecule has 1 N–H and O–H groups in total. The first-order valence-corrected chi connectivity index (χ1v) is 4.44. The summed E-state index contributed by atoms with van der Waals surface area (Å²) in [6.45, 7) is 5.01. The molecule has 0 saturated heterocycles. The molecule has 4 heteroatoms. The highest BCUT2D eigenvalue weighted by Gasteiger charge is 2.05. The zero-order valence-corrected chi connectivity index (χ0v) is 9.29. The van der Waals surface area contributed by atoms with Gasteiger partial charge in [0.2, 0.25) is 0 Å². The van der Waals surface area contributed by atoms with Gasteiger partial charge in [-0.2, -0.15) is 5.53 Å². The number of nitrogens with zero attached hydrogens (tertiary/aromatic N) is 2. The van der Waals surface area contributed by atoms with Crippen molar-refractivity contribution in [2.45, 2.75) is 13.8 Å². The molecule has 0 radical (unpaired) electrons. The predicted molar refractivity (Wildman–Crippen MR) is 61.0 cm³/mol. The Morgan fingerprint density at radius 1 is 1.29 bits per heavy atom. The minimum atomic E-state index is 0. The molecule has 0 unspecified atom stereocenters. The number of hydrogen-bond donors (Lipinski definition) is 1. The van der Waals surface area contributed by atoms with Crippen molar-refractivity contribution in [2.75, 3.05) is 11.6 Å². The number of nitrogens with one attached hydrogen (secondary N) is 1. The average Bonchev–Trinajstić information content (AvgIpc) is 2.15. The van der Waals surface area contributed by atoms with E-state index >= 15 is 0 Å². The van der Waals surface area contributed by atoms with Gasteiger partial charge in [0.15, 0.2) is 0 Å². The fraction of sp³-hybridized carbons (Fsp3) is 0.400. The van der Waals surface area contributed by atoms with Gasteiger partial charge in [-0.1, -0.05) is 37.3 Å². The molecule has 0 aromatic heterocycles. The van der Waals surface area contributed by atoms with Gasteiger partial charge in [-0.05, 0) is 18.1 Å². The van der Waals surface area contributed by atoms with Crippen LogP contribution in [0.3, 0.4) is 0 Å². The van der Waals surface area contributed by atoms with E-state index < -0.39 is 0 Å². The molecule has 0 heterocycles. The zero-order chi connectivity index (χ0) is 9.68. The van der Waals surface area contributed by atoms with E-state index in [1.54, 1.807) is 5.01 Å². The minimum Gasteiger partial charge on any atom is -0.247 e. The smallest absolute Gasteiger partial charge is 0.0610 e. The Morgan fingerprint density at radius 2 is 1.86 bits per heavy atom. The molecule has 0 bridgehead atoms. The van der Waals surface area contributed by atoms with Gasteiger partial charge >= 0.3 is 0 Å². The van der Waals surface area contributed by atoms with Gasteiger partial charge in [0.05, 0.1) is 5.69 Å². The van der Waals surface area contributed by atoms with E-state index in [-0.39, 0.29) is 12.4 Å². The van der Waals surface area contributed by atoms with Crippen LogP contribution >= 0.6 is 12.4 Å². The molecule has 1 aromatic carbocycles. The van der Waals surface area contributed by atoms with Crippen molar-refractivity contribution >= 4 is 18.1 Å². The fourth-order valence-electron chi connectivity index (χ4n) is 1.15. The molecule has 0 aliphatic carbocycles. The van der Waals surface area contributed by atoms with E-state index in [4.69, 9.17) is 5.53 Å². The summed E-state index contributed by atoms with van der Waals surface area (Å²) in [5.74, 6) is 0.509. The van der Waals surface area contributed by atoms with E-state index in [2.05, 4.69) is 19.1 Å². The van der Waals surface area contributed by atoms with Crippen LogP contribution in [-0.2, 0) is 0 Å². The number of halogens is 1. The summed E-state index contributed by atoms with van der Waals surface area (Å²) in [5.41, 5.74) is 8.02. The van der Waals surface area contributed by atoms with E-state index in [1.807, 2.05) is 30.3 Å². The van der Waals surface area contributed by atoms with Gasteiger partial charge in [0.25, 0.3) is 0 Å². The maximum atomic E-state index is 7.04. The Hall–Kier alpha value is -1.09. The summed E-state index contributed by atoms with van der Waals surface area (Å²) >= 11 is 0. The zero-order valence-electron chi connectivity index (χ0n) is 8.47. The molecular formula is C10H16ClN3. The second kappa shape index (κ2) is 6.38. The van der Waals surface area contributed by atoms with Crippen molar-refractivity contribution in [1.29, 1.82) is 5.53 Å². The maximum absolute atomic E-state index is 7.04. The number of para-hydroxylation sites is 1. The molecule has 0 atom stereocenters. The molecule has 0 spiro atoms. The van der Waals surface area contributed by atoms with E-state index in [0.717, 1.165) is 12.2 Å². The SMILES string of the molecule is CC(C)CN(N=N)c1ccccc1.Cl. The third-order valence-electron chi connectivity index (χ3n) is 1.71. The van der Waals surface area contributed by atoms with Crippen molar-refractivity contribution in [3.8, 4) is 0 Å². The standard InChI is InChI=1S/C10H15N3.ClH/c1-9(2)8-13(12-11)10-6-4-3-5-7-10;/h3-7,9,11H,8H2,1-2H3;1H. The molecular weight excluding hydrogens is 198 g/mol. The summed E-state index contributed by atoms with van der Waals surface area (Å²) < 4.78 is 0. The van der Waals surface area contributed by atoms with E-state index in [0.29, 0.717) is 5.92 Å². The summed E-state index contributed by atoms with van der Waals surface area (Å²) in [7, 11) is 0. The van der Waals surface area contributed by atoms with Crippen LogP contribution in [-0.4, -0.2) is 6.54 Å². The van der Waals surface area contributed by atoms with Crippen LogP contribution in [0.4, 0.5) is 5.69 Å². The summed E-state index contributed by atoms with van der Waals surface area (Å²) in [6, 6.07) is 9.78. The van der Waals surface area contributed by atoms with E-state index in [1.165, 1.54) is 0 Å². The van der Waals surface area contributed by atoms with Crippen LogP contribution < -0.4 is 5.01 Å². The average molecular weight is 214 g/mol. The predicted octanol–water partition coefficient (Wildman–Crippen LogP) is 3.52. The minimum absolute atomic E-state index is 0. The lowest BCUT2D eigenvalue weighted by atomic mass is 10.2. The Labute approximate surface area is 91.0 Å². The first-order chi connectivity index (χ1) is 6.24. The molecule has 1 aromatic rings. The quantitative estimate of drug-likeness (QED) is 0.603. The Kier molecular flexibility index (Phi) is 5.88. The lowest BCUT2D eigenvalue weighted by Gasteiger charge is -2.18. The molecule has 1 rings (SSSR count). The monoisotopic (exact) mass is 213 g/mol. The summed E-state index contributed by atoms with van der Waals surface area (Å²) in [5, 5.41) is 5.18. The van der Waals surface area contributed by atoms with Gasteiger partial charge in [-0.3, -0.25) is 0 Å². The topological polar surface area (TPSA) is 39.5 Å². The van der Waals surface area contributed by atoms with Crippen LogP contribution in [0, 0.1) is 11.4 Å². The largest absolute Gasteiger partial charge is 0.247 e. The third kappa shape index (κ3) is 3.75. The van der Waals surface area contributed by atoms with Crippen LogP contribution in [0.1, 0.15) is 13.8 Å². The lowest BCUT2D eigenvalue weighted by molar-refractivity contribution is 0.604. The van der Waals surface area contributed by atoms with Crippen LogP contribution in [0.2, 0.25) is 0 Å². The molecule has 0 fully saturated rings. The maximum Gasteiger partial charge on any atom is 0.0610 e. The highest BCUT2D eigenvalue weighted by Crippen LogP contribution is 2.14. The Bertz CT molecular complexity index is 261. The molecule has 0 aliphatic heterocycles. The Balaban J connectivity index is 0.00000169. The highest BCUT2D eigenvalue weighted by molar-refractivity contribution is 5.85.